The van der Waals surface area contributed by atoms with Crippen molar-refractivity contribution in [1.82, 2.24) is 19.5 Å². The Kier molecular flexibility index (Phi) is 6.34. The van der Waals surface area contributed by atoms with Crippen molar-refractivity contribution in [3.05, 3.63) is 108 Å². The fraction of sp³-hybridized carbons (Fsp3) is 0.156. The molecule has 2 aromatic carbocycles. The summed E-state index contributed by atoms with van der Waals surface area (Å²) in [5.74, 6) is 0.803. The van der Waals surface area contributed by atoms with Crippen LogP contribution < -0.4 is 10.6 Å². The molecule has 9 heteroatoms. The summed E-state index contributed by atoms with van der Waals surface area (Å²) >= 11 is 0. The van der Waals surface area contributed by atoms with E-state index in [0.717, 1.165) is 27.6 Å². The molecule has 6 rings (SSSR count). The molecule has 0 atom stereocenters. The first-order chi connectivity index (χ1) is 19.7. The lowest BCUT2D eigenvalue weighted by molar-refractivity contribution is 0.103. The monoisotopic (exact) mass is 544 g/mol. The largest absolute Gasteiger partial charge is 0.359 e. The molecule has 204 valence electrons. The number of para-hydroxylation sites is 1. The molecule has 0 fully saturated rings. The maximum Gasteiger partial charge on any atom is 0.324 e. The maximum atomic E-state index is 13.5. The van der Waals surface area contributed by atoms with Gasteiger partial charge in [0.1, 0.15) is 17.1 Å². The number of nitrogens with one attached hydrogen (secondary N) is 2. The summed E-state index contributed by atoms with van der Waals surface area (Å²) in [4.78, 5) is 35.0. The summed E-state index contributed by atoms with van der Waals surface area (Å²) in [7, 11) is 0. The van der Waals surface area contributed by atoms with E-state index in [0.29, 0.717) is 34.2 Å². The molecular weight excluding hydrogens is 516 g/mol. The highest BCUT2D eigenvalue weighted by molar-refractivity contribution is 6.08. The fourth-order valence-electron chi connectivity index (χ4n) is 4.63. The molecule has 0 radical (unpaired) electrons. The number of imidazole rings is 1. The van der Waals surface area contributed by atoms with Gasteiger partial charge in [0.15, 0.2) is 5.82 Å². The summed E-state index contributed by atoms with van der Waals surface area (Å²) in [6.45, 7) is 8.01. The highest BCUT2D eigenvalue weighted by Crippen LogP contribution is 2.28. The van der Waals surface area contributed by atoms with Crippen LogP contribution >= 0.6 is 0 Å². The van der Waals surface area contributed by atoms with E-state index in [2.05, 4.69) is 31.8 Å². The van der Waals surface area contributed by atoms with Crippen molar-refractivity contribution in [2.24, 2.45) is 0 Å². The van der Waals surface area contributed by atoms with Gasteiger partial charge in [-0.2, -0.15) is 0 Å². The molecule has 9 nitrogen and oxygen atoms in total. The van der Waals surface area contributed by atoms with Crippen molar-refractivity contribution < 1.29 is 14.1 Å². The van der Waals surface area contributed by atoms with Gasteiger partial charge in [0.25, 0.3) is 0 Å². The first-order valence-electron chi connectivity index (χ1n) is 13.2. The third kappa shape index (κ3) is 5.17. The number of rotatable bonds is 5. The van der Waals surface area contributed by atoms with Crippen molar-refractivity contribution >= 4 is 39.9 Å². The molecule has 0 saturated carbocycles. The second-order valence-corrected chi connectivity index (χ2v) is 11.0. The Morgan fingerprint density at radius 3 is 2.44 bits per heavy atom. The lowest BCUT2D eigenvalue weighted by atomic mass is 9.93. The molecule has 0 saturated heterocycles. The zero-order valence-electron chi connectivity index (χ0n) is 23.1. The van der Waals surface area contributed by atoms with Gasteiger partial charge in [0.2, 0.25) is 5.78 Å². The molecule has 0 aliphatic carbocycles. The summed E-state index contributed by atoms with van der Waals surface area (Å²) in [5.41, 5.74) is 5.79. The van der Waals surface area contributed by atoms with E-state index < -0.39 is 6.03 Å². The van der Waals surface area contributed by atoms with Crippen LogP contribution in [0.15, 0.2) is 89.8 Å². The summed E-state index contributed by atoms with van der Waals surface area (Å²) in [5, 5.41) is 10.3. The molecular formula is C32H28N6O3. The van der Waals surface area contributed by atoms with Gasteiger partial charge < -0.3 is 9.84 Å². The number of aromatic nitrogens is 4. The Morgan fingerprint density at radius 1 is 0.902 bits per heavy atom. The highest BCUT2D eigenvalue weighted by Gasteiger charge is 2.21. The Hall–Kier alpha value is -5.31. The molecule has 2 N–H and O–H groups in total. The van der Waals surface area contributed by atoms with E-state index >= 15 is 0 Å². The smallest absolute Gasteiger partial charge is 0.324 e. The Morgan fingerprint density at radius 2 is 1.68 bits per heavy atom. The van der Waals surface area contributed by atoms with E-state index in [-0.39, 0.29) is 11.2 Å². The van der Waals surface area contributed by atoms with Crippen molar-refractivity contribution in [2.45, 2.75) is 33.1 Å². The number of pyridine rings is 2. The van der Waals surface area contributed by atoms with Crippen LogP contribution in [0.25, 0.3) is 27.7 Å². The lowest BCUT2D eigenvalue weighted by Gasteiger charge is -2.12. The summed E-state index contributed by atoms with van der Waals surface area (Å²) < 4.78 is 7.11. The van der Waals surface area contributed by atoms with Crippen LogP contribution in [0.2, 0.25) is 0 Å². The Bertz CT molecular complexity index is 1930. The van der Waals surface area contributed by atoms with Gasteiger partial charge in [-0.3, -0.25) is 19.5 Å². The lowest BCUT2D eigenvalue weighted by Crippen LogP contribution is -2.19. The van der Waals surface area contributed by atoms with Crippen LogP contribution in [0.1, 0.15) is 48.1 Å². The van der Waals surface area contributed by atoms with E-state index in [1.54, 1.807) is 36.5 Å². The third-order valence-electron chi connectivity index (χ3n) is 6.88. The van der Waals surface area contributed by atoms with E-state index in [9.17, 15) is 9.59 Å². The molecule has 0 aliphatic rings. The van der Waals surface area contributed by atoms with Crippen LogP contribution in [0.4, 0.5) is 16.3 Å². The second kappa shape index (κ2) is 10.0. The number of fused-ring (bicyclic) bond motifs is 2. The summed E-state index contributed by atoms with van der Waals surface area (Å²) in [6.07, 6.45) is 5.37. The number of carbonyl (C=O) groups excluding carboxylic acids is 2. The first-order valence-corrected chi connectivity index (χ1v) is 13.2. The van der Waals surface area contributed by atoms with Crippen LogP contribution in [-0.4, -0.2) is 31.3 Å². The Balaban J connectivity index is 1.21. The topological polar surface area (TPSA) is 114 Å². The summed E-state index contributed by atoms with van der Waals surface area (Å²) in [6, 6.07) is 20.0. The van der Waals surface area contributed by atoms with Crippen molar-refractivity contribution in [2.75, 3.05) is 10.6 Å². The van der Waals surface area contributed by atoms with Crippen LogP contribution in [-0.2, 0) is 5.41 Å². The number of nitrogens with zero attached hydrogens (tertiary/aromatic N) is 4. The van der Waals surface area contributed by atoms with Crippen molar-refractivity contribution in [1.29, 1.82) is 0 Å². The molecule has 2 amide bonds. The average molecular weight is 545 g/mol. The number of hydrogen-bond acceptors (Lipinski definition) is 6. The van der Waals surface area contributed by atoms with Gasteiger partial charge in [-0.15, -0.1) is 0 Å². The number of carbonyl (C=O) groups is 2. The number of anilines is 2. The van der Waals surface area contributed by atoms with Gasteiger partial charge in [-0.25, -0.2) is 9.78 Å². The minimum atomic E-state index is -0.467. The number of benzene rings is 2. The minimum absolute atomic E-state index is 0.183. The SMILES string of the molecule is Cc1cc2ncc(C(=O)c3ccc(NC(=O)Nc4cc(C(C)(C)C)on4)cc3)n2cc1-c1cnc2ccccc2c1. The molecule has 6 aromatic rings. The van der Waals surface area contributed by atoms with E-state index in [1.165, 1.54) is 0 Å². The molecule has 0 aliphatic heterocycles. The fourth-order valence-corrected chi connectivity index (χ4v) is 4.63. The molecule has 0 unspecified atom stereocenters. The highest BCUT2D eigenvalue weighted by atomic mass is 16.5. The molecule has 4 heterocycles. The average Bonchev–Trinajstić information content (AvgIpc) is 3.59. The van der Waals surface area contributed by atoms with Gasteiger partial charge in [0.05, 0.1) is 11.7 Å². The van der Waals surface area contributed by atoms with E-state index in [4.69, 9.17) is 4.52 Å². The van der Waals surface area contributed by atoms with Crippen LogP contribution in [0.5, 0.6) is 0 Å². The van der Waals surface area contributed by atoms with Gasteiger partial charge in [0, 0.05) is 51.6 Å². The zero-order valence-corrected chi connectivity index (χ0v) is 23.1. The van der Waals surface area contributed by atoms with Crippen molar-refractivity contribution in [3.63, 3.8) is 0 Å². The predicted molar refractivity (Wildman–Crippen MR) is 158 cm³/mol. The van der Waals surface area contributed by atoms with E-state index in [1.807, 2.05) is 74.8 Å². The minimum Gasteiger partial charge on any atom is -0.359 e. The number of aryl methyl sites for hydroxylation is 1. The number of hydrogen-bond donors (Lipinski definition) is 2. The maximum absolute atomic E-state index is 13.5. The molecule has 41 heavy (non-hydrogen) atoms. The Labute approximate surface area is 236 Å². The first kappa shape index (κ1) is 25.9. The molecule has 4 aromatic heterocycles. The second-order valence-electron chi connectivity index (χ2n) is 11.0. The van der Waals surface area contributed by atoms with Crippen molar-refractivity contribution in [3.8, 4) is 11.1 Å². The quantitative estimate of drug-likeness (QED) is 0.226. The van der Waals surface area contributed by atoms with Gasteiger partial charge in [-0.1, -0.05) is 44.1 Å². The number of amides is 2. The van der Waals surface area contributed by atoms with Gasteiger partial charge >= 0.3 is 6.03 Å². The number of urea groups is 1. The van der Waals surface area contributed by atoms with Gasteiger partial charge in [-0.05, 0) is 55.0 Å². The third-order valence-corrected chi connectivity index (χ3v) is 6.88. The normalized spacial score (nSPS) is 11.6. The number of ketones is 1. The predicted octanol–water partition coefficient (Wildman–Crippen LogP) is 7.02. The van der Waals surface area contributed by atoms with Crippen LogP contribution in [0.3, 0.4) is 0 Å². The zero-order chi connectivity index (χ0) is 28.7. The molecule has 0 spiro atoms. The van der Waals surface area contributed by atoms with Crippen LogP contribution in [0, 0.1) is 6.92 Å². The molecule has 0 bridgehead atoms. The standard InChI is InChI=1S/C32H28N6O3/c1-19-13-29-34-17-26(38(29)18-24(19)22-14-21-7-5-6-8-25(21)33-16-22)30(39)20-9-11-23(12-10-20)35-31(40)36-28-15-27(41-37-28)32(2,3)4/h5-18H,1-4H3,(H2,35,36,37,40).